The third-order valence-electron chi connectivity index (χ3n) is 3.56. The van der Waals surface area contributed by atoms with E-state index in [4.69, 9.17) is 5.26 Å². The number of aryl methyl sites for hydroxylation is 1. The minimum atomic E-state index is -0.175. The van der Waals surface area contributed by atoms with Crippen LogP contribution in [0.1, 0.15) is 12.2 Å². The monoisotopic (exact) mass is 297 g/mol. The molecule has 8 nitrogen and oxygen atoms in total. The van der Waals surface area contributed by atoms with Crippen molar-refractivity contribution in [3.8, 4) is 12.0 Å². The number of hydrogen-bond donors (Lipinski definition) is 1. The molecule has 22 heavy (non-hydrogen) atoms. The Bertz CT molecular complexity index is 733. The zero-order chi connectivity index (χ0) is 15.5. The number of nitrogens with one attached hydrogen (secondary N) is 1. The fraction of sp³-hybridized carbons (Fsp3) is 0.357. The van der Waals surface area contributed by atoms with E-state index >= 15 is 0 Å². The van der Waals surface area contributed by atoms with E-state index in [1.165, 1.54) is 0 Å². The standard InChI is InChI=1S/C14H15N7O/c1-10-16-4-2-13(18-10)21-7-12(17-9-21)19-14(22)11-3-5-20(6-11)8-15/h2,4,7,9,11H,3,5-6H2,1H3,(H,19,22)/t11-/m0/s1. The van der Waals surface area contributed by atoms with Gasteiger partial charge in [0, 0.05) is 19.3 Å². The smallest absolute Gasteiger partial charge is 0.230 e. The molecule has 0 aromatic carbocycles. The fourth-order valence-electron chi connectivity index (χ4n) is 2.39. The van der Waals surface area contributed by atoms with E-state index < -0.39 is 0 Å². The predicted molar refractivity (Wildman–Crippen MR) is 77.8 cm³/mol. The first-order valence-electron chi connectivity index (χ1n) is 6.95. The Morgan fingerprint density at radius 1 is 1.50 bits per heavy atom. The van der Waals surface area contributed by atoms with E-state index in [-0.39, 0.29) is 11.8 Å². The maximum absolute atomic E-state index is 12.2. The number of rotatable bonds is 3. The van der Waals surface area contributed by atoms with Crippen LogP contribution in [0, 0.1) is 24.3 Å². The summed E-state index contributed by atoms with van der Waals surface area (Å²) in [7, 11) is 0. The van der Waals surface area contributed by atoms with Crippen LogP contribution >= 0.6 is 0 Å². The van der Waals surface area contributed by atoms with Crippen LogP contribution in [0.15, 0.2) is 24.8 Å². The fourth-order valence-corrected chi connectivity index (χ4v) is 2.39. The highest BCUT2D eigenvalue weighted by Gasteiger charge is 2.28. The number of nitrogens with zero attached hydrogens (tertiary/aromatic N) is 6. The lowest BCUT2D eigenvalue weighted by Crippen LogP contribution is -2.25. The Kier molecular flexibility index (Phi) is 3.70. The van der Waals surface area contributed by atoms with Gasteiger partial charge in [-0.05, 0) is 19.4 Å². The average molecular weight is 297 g/mol. The van der Waals surface area contributed by atoms with E-state index in [9.17, 15) is 4.79 Å². The Morgan fingerprint density at radius 3 is 3.09 bits per heavy atom. The summed E-state index contributed by atoms with van der Waals surface area (Å²) in [6.07, 6.45) is 7.72. The molecule has 3 rings (SSSR count). The molecule has 1 aliphatic heterocycles. The lowest BCUT2D eigenvalue weighted by Gasteiger charge is -2.08. The summed E-state index contributed by atoms with van der Waals surface area (Å²) in [5, 5.41) is 11.6. The van der Waals surface area contributed by atoms with Crippen LogP contribution in [-0.4, -0.2) is 43.4 Å². The second-order valence-corrected chi connectivity index (χ2v) is 5.15. The maximum Gasteiger partial charge on any atom is 0.230 e. The van der Waals surface area contributed by atoms with Crippen molar-refractivity contribution >= 4 is 11.7 Å². The molecule has 0 bridgehead atoms. The number of anilines is 1. The Morgan fingerprint density at radius 2 is 2.36 bits per heavy atom. The van der Waals surface area contributed by atoms with Gasteiger partial charge in [0.25, 0.3) is 0 Å². The molecule has 1 aliphatic rings. The first-order chi connectivity index (χ1) is 10.7. The summed E-state index contributed by atoms with van der Waals surface area (Å²) >= 11 is 0. The highest BCUT2D eigenvalue weighted by molar-refractivity contribution is 5.92. The van der Waals surface area contributed by atoms with E-state index in [0.29, 0.717) is 37.0 Å². The summed E-state index contributed by atoms with van der Waals surface area (Å²) in [5.41, 5.74) is 0. The van der Waals surface area contributed by atoms with Crippen LogP contribution in [0.4, 0.5) is 5.82 Å². The topological polar surface area (TPSA) is 99.7 Å². The van der Waals surface area contributed by atoms with Crippen molar-refractivity contribution in [2.75, 3.05) is 18.4 Å². The number of imidazole rings is 1. The number of likely N-dealkylation sites (tertiary alicyclic amines) is 1. The molecule has 1 fully saturated rings. The Hall–Kier alpha value is -2.95. The van der Waals surface area contributed by atoms with Crippen molar-refractivity contribution in [1.82, 2.24) is 24.4 Å². The van der Waals surface area contributed by atoms with Crippen molar-refractivity contribution in [2.45, 2.75) is 13.3 Å². The van der Waals surface area contributed by atoms with E-state index in [1.807, 2.05) is 6.92 Å². The molecule has 0 spiro atoms. The second-order valence-electron chi connectivity index (χ2n) is 5.15. The van der Waals surface area contributed by atoms with Crippen molar-refractivity contribution < 1.29 is 4.79 Å². The van der Waals surface area contributed by atoms with Crippen LogP contribution in [0.5, 0.6) is 0 Å². The van der Waals surface area contributed by atoms with E-state index in [0.717, 1.165) is 0 Å². The van der Waals surface area contributed by atoms with Gasteiger partial charge < -0.3 is 10.2 Å². The summed E-state index contributed by atoms with van der Waals surface area (Å²) in [5.74, 6) is 1.54. The molecule has 0 radical (unpaired) electrons. The molecule has 0 unspecified atom stereocenters. The van der Waals surface area contributed by atoms with Crippen molar-refractivity contribution in [3.63, 3.8) is 0 Å². The minimum absolute atomic E-state index is 0.109. The van der Waals surface area contributed by atoms with E-state index in [2.05, 4.69) is 26.5 Å². The molecule has 1 atom stereocenters. The molecule has 112 valence electrons. The first kappa shape index (κ1) is 14.0. The summed E-state index contributed by atoms with van der Waals surface area (Å²) < 4.78 is 1.72. The predicted octanol–water partition coefficient (Wildman–Crippen LogP) is 0.712. The number of carbonyl (C=O) groups is 1. The van der Waals surface area contributed by atoms with Gasteiger partial charge in [-0.15, -0.1) is 0 Å². The molecule has 1 N–H and O–H groups in total. The number of aromatic nitrogens is 4. The molecule has 0 saturated carbocycles. The van der Waals surface area contributed by atoms with Gasteiger partial charge in [-0.1, -0.05) is 0 Å². The first-order valence-corrected chi connectivity index (χ1v) is 6.95. The van der Waals surface area contributed by atoms with Gasteiger partial charge >= 0.3 is 0 Å². The number of carbonyl (C=O) groups excluding carboxylic acids is 1. The second kappa shape index (κ2) is 5.81. The number of hydrogen-bond acceptors (Lipinski definition) is 6. The molecule has 2 aromatic heterocycles. The van der Waals surface area contributed by atoms with Crippen molar-refractivity contribution in [3.05, 3.63) is 30.6 Å². The van der Waals surface area contributed by atoms with Crippen LogP contribution in [-0.2, 0) is 4.79 Å². The zero-order valence-electron chi connectivity index (χ0n) is 12.1. The lowest BCUT2D eigenvalue weighted by molar-refractivity contribution is -0.119. The molecular weight excluding hydrogens is 282 g/mol. The highest BCUT2D eigenvalue weighted by atomic mass is 16.2. The zero-order valence-corrected chi connectivity index (χ0v) is 12.1. The van der Waals surface area contributed by atoms with Crippen molar-refractivity contribution in [2.24, 2.45) is 5.92 Å². The van der Waals surface area contributed by atoms with Crippen LogP contribution in [0.25, 0.3) is 5.82 Å². The maximum atomic E-state index is 12.2. The molecule has 1 saturated heterocycles. The van der Waals surface area contributed by atoms with Gasteiger partial charge in [0.1, 0.15) is 18.0 Å². The summed E-state index contributed by atoms with van der Waals surface area (Å²) in [6.45, 7) is 2.90. The molecule has 0 aliphatic carbocycles. The SMILES string of the molecule is Cc1nccc(-n2cnc(NC(=O)[C@H]3CCN(C#N)C3)c2)n1. The quantitative estimate of drug-likeness (QED) is 0.838. The third kappa shape index (κ3) is 2.88. The van der Waals surface area contributed by atoms with Gasteiger partial charge in [-0.25, -0.2) is 15.0 Å². The van der Waals surface area contributed by atoms with Gasteiger partial charge in [0.15, 0.2) is 12.0 Å². The average Bonchev–Trinajstić information content (AvgIpc) is 3.16. The van der Waals surface area contributed by atoms with Gasteiger partial charge in [0.05, 0.1) is 12.1 Å². The van der Waals surface area contributed by atoms with Gasteiger partial charge in [-0.2, -0.15) is 5.26 Å². The highest BCUT2D eigenvalue weighted by Crippen LogP contribution is 2.17. The lowest BCUT2D eigenvalue weighted by atomic mass is 10.1. The summed E-state index contributed by atoms with van der Waals surface area (Å²) in [6, 6.07) is 1.77. The van der Waals surface area contributed by atoms with Crippen LogP contribution < -0.4 is 5.32 Å². The third-order valence-corrected chi connectivity index (χ3v) is 3.56. The van der Waals surface area contributed by atoms with Gasteiger partial charge in [0.2, 0.25) is 5.91 Å². The minimum Gasteiger partial charge on any atom is -0.310 e. The summed E-state index contributed by atoms with van der Waals surface area (Å²) in [4.78, 5) is 26.2. The molecular formula is C14H15N7O. The van der Waals surface area contributed by atoms with Gasteiger partial charge in [-0.3, -0.25) is 9.36 Å². The normalized spacial score (nSPS) is 17.3. The number of nitriles is 1. The van der Waals surface area contributed by atoms with Crippen molar-refractivity contribution in [1.29, 1.82) is 5.26 Å². The largest absolute Gasteiger partial charge is 0.310 e. The van der Waals surface area contributed by atoms with Crippen LogP contribution in [0.3, 0.4) is 0 Å². The van der Waals surface area contributed by atoms with Crippen LogP contribution in [0.2, 0.25) is 0 Å². The Labute approximate surface area is 127 Å². The Balaban J connectivity index is 1.67. The molecule has 8 heteroatoms. The molecule has 3 heterocycles. The number of amides is 1. The van der Waals surface area contributed by atoms with E-state index in [1.54, 1.807) is 34.3 Å². The molecule has 1 amide bonds. The molecule has 2 aromatic rings.